The number of nitriles is 1. The van der Waals surface area contributed by atoms with Crippen LogP contribution < -0.4 is 15.4 Å². The van der Waals surface area contributed by atoms with Gasteiger partial charge in [0, 0.05) is 50.5 Å². The zero-order chi connectivity index (χ0) is 27.9. The van der Waals surface area contributed by atoms with Crippen molar-refractivity contribution in [3.63, 3.8) is 0 Å². The third-order valence-electron chi connectivity index (χ3n) is 10.0. The molecular formula is C31H44N6O3. The molecule has 4 fully saturated rings. The molecule has 6 unspecified atom stereocenters. The van der Waals surface area contributed by atoms with Gasteiger partial charge in [-0.05, 0) is 69.5 Å². The van der Waals surface area contributed by atoms with Crippen molar-refractivity contribution in [2.45, 2.75) is 88.1 Å². The Labute approximate surface area is 238 Å². The van der Waals surface area contributed by atoms with Crippen LogP contribution in [0.15, 0.2) is 30.9 Å². The van der Waals surface area contributed by atoms with Gasteiger partial charge in [-0.1, -0.05) is 18.7 Å². The summed E-state index contributed by atoms with van der Waals surface area (Å²) in [6.45, 7) is 9.63. The number of likely N-dealkylation sites (tertiary alicyclic amines) is 1. The number of hydrogen-bond acceptors (Lipinski definition) is 8. The van der Waals surface area contributed by atoms with E-state index in [1.807, 2.05) is 4.90 Å². The fraction of sp³-hybridized carbons (Fsp3) is 0.677. The molecule has 0 bridgehead atoms. The summed E-state index contributed by atoms with van der Waals surface area (Å²) < 4.78 is 13.3. The van der Waals surface area contributed by atoms with Crippen LogP contribution in [0.1, 0.15) is 49.7 Å². The molecule has 6 rings (SSSR count). The van der Waals surface area contributed by atoms with Gasteiger partial charge in [0.15, 0.2) is 6.35 Å². The Morgan fingerprint density at radius 1 is 1.27 bits per heavy atom. The lowest BCUT2D eigenvalue weighted by molar-refractivity contribution is -0.138. The number of nitrogens with one attached hydrogen (secondary N) is 2. The van der Waals surface area contributed by atoms with Crippen LogP contribution in [0, 0.1) is 24.2 Å². The van der Waals surface area contributed by atoms with Crippen molar-refractivity contribution in [3.05, 3.63) is 42.0 Å². The van der Waals surface area contributed by atoms with Crippen molar-refractivity contribution in [2.24, 2.45) is 5.92 Å². The number of carbonyl (C=O) groups is 1. The molecule has 40 heavy (non-hydrogen) atoms. The lowest BCUT2D eigenvalue weighted by atomic mass is 9.71. The number of fused-ring (bicyclic) bond motifs is 2. The van der Waals surface area contributed by atoms with Crippen molar-refractivity contribution in [1.29, 1.82) is 5.26 Å². The van der Waals surface area contributed by atoms with Gasteiger partial charge in [0.25, 0.3) is 0 Å². The van der Waals surface area contributed by atoms with E-state index < -0.39 is 0 Å². The Balaban J connectivity index is 1.20. The van der Waals surface area contributed by atoms with Crippen LogP contribution in [0.4, 0.5) is 0 Å². The summed E-state index contributed by atoms with van der Waals surface area (Å²) in [5.74, 6) is 1.33. The summed E-state index contributed by atoms with van der Waals surface area (Å²) in [4.78, 5) is 19.2. The molecule has 1 spiro atoms. The average molecular weight is 549 g/mol. The maximum atomic E-state index is 12.5. The summed E-state index contributed by atoms with van der Waals surface area (Å²) in [6.07, 6.45) is 7.85. The minimum Gasteiger partial charge on any atom is -0.487 e. The number of likely N-dealkylation sites (N-methyl/N-ethyl adjacent to an activating group) is 1. The first kappa shape index (κ1) is 27.7. The van der Waals surface area contributed by atoms with Gasteiger partial charge < -0.3 is 19.3 Å². The van der Waals surface area contributed by atoms with Crippen molar-refractivity contribution in [2.75, 3.05) is 39.8 Å². The van der Waals surface area contributed by atoms with E-state index in [-0.39, 0.29) is 36.1 Å². The normalized spacial score (nSPS) is 36.1. The standard InChI is InChI=1S/C31H44N6O3/c1-4-28(38)37-15-14-36(19-23(37)10-12-32)29-25-9-11-31(17-22-8-7-21(2)16-27(22)40-31)18-26(25)33-30(34-29)39-20-24-6-5-13-35(24)3/h4,7-8,16,23-26,29-30,33-34H,1,5-6,9-11,13-15,17-20H2,2-3H3/t23?,24?,25?,26?,29?,30?,31-/m0/s1. The van der Waals surface area contributed by atoms with Gasteiger partial charge in [-0.25, -0.2) is 0 Å². The highest BCUT2D eigenvalue weighted by molar-refractivity contribution is 5.87. The Bertz CT molecular complexity index is 1150. The van der Waals surface area contributed by atoms with E-state index in [0.29, 0.717) is 38.1 Å². The smallest absolute Gasteiger partial charge is 0.246 e. The molecule has 1 aliphatic carbocycles. The highest BCUT2D eigenvalue weighted by atomic mass is 16.5. The number of amides is 1. The molecule has 0 aromatic heterocycles. The monoisotopic (exact) mass is 548 g/mol. The van der Waals surface area contributed by atoms with E-state index in [9.17, 15) is 10.1 Å². The number of ether oxygens (including phenoxy) is 2. The second-order valence-corrected chi connectivity index (χ2v) is 12.6. The van der Waals surface area contributed by atoms with Crippen LogP contribution in [0.3, 0.4) is 0 Å². The van der Waals surface area contributed by atoms with Crippen molar-refractivity contribution >= 4 is 5.91 Å². The predicted molar refractivity (Wildman–Crippen MR) is 152 cm³/mol. The van der Waals surface area contributed by atoms with Crippen molar-refractivity contribution < 1.29 is 14.3 Å². The van der Waals surface area contributed by atoms with E-state index in [4.69, 9.17) is 9.47 Å². The predicted octanol–water partition coefficient (Wildman–Crippen LogP) is 2.36. The van der Waals surface area contributed by atoms with Crippen LogP contribution in [0.2, 0.25) is 0 Å². The molecule has 216 valence electrons. The first-order valence-electron chi connectivity index (χ1n) is 15.0. The maximum absolute atomic E-state index is 12.5. The third kappa shape index (κ3) is 5.40. The first-order chi connectivity index (χ1) is 19.4. The van der Waals surface area contributed by atoms with Crippen LogP contribution in [-0.2, 0) is 16.0 Å². The average Bonchev–Trinajstić information content (AvgIpc) is 3.52. The largest absolute Gasteiger partial charge is 0.487 e. The molecular weight excluding hydrogens is 504 g/mol. The van der Waals surface area contributed by atoms with Gasteiger partial charge in [0.05, 0.1) is 31.3 Å². The van der Waals surface area contributed by atoms with E-state index in [1.165, 1.54) is 30.0 Å². The van der Waals surface area contributed by atoms with Gasteiger partial charge in [-0.2, -0.15) is 5.26 Å². The topological polar surface area (TPSA) is 93.1 Å². The molecule has 1 aromatic carbocycles. The molecule has 9 nitrogen and oxygen atoms in total. The van der Waals surface area contributed by atoms with E-state index in [0.717, 1.165) is 44.5 Å². The molecule has 4 aliphatic heterocycles. The summed E-state index contributed by atoms with van der Waals surface area (Å²) in [5.41, 5.74) is 2.37. The SMILES string of the molecule is C=CC(=O)N1CCN(C2NC(OCC3CCCN3C)NC3C[C@]4(CCC32)Cc2ccc(C)cc2O4)CC1CC#N. The fourth-order valence-corrected chi connectivity index (χ4v) is 7.83. The van der Waals surface area contributed by atoms with Gasteiger partial charge in [0.2, 0.25) is 5.91 Å². The van der Waals surface area contributed by atoms with Crippen LogP contribution in [0.5, 0.6) is 5.75 Å². The zero-order valence-corrected chi connectivity index (χ0v) is 24.0. The molecule has 3 saturated heterocycles. The lowest BCUT2D eigenvalue weighted by Crippen LogP contribution is -2.73. The van der Waals surface area contributed by atoms with Gasteiger partial charge in [-0.3, -0.25) is 20.3 Å². The van der Waals surface area contributed by atoms with Crippen molar-refractivity contribution in [1.82, 2.24) is 25.3 Å². The Morgan fingerprint density at radius 2 is 2.15 bits per heavy atom. The second-order valence-electron chi connectivity index (χ2n) is 12.6. The van der Waals surface area contributed by atoms with Gasteiger partial charge >= 0.3 is 0 Å². The first-order valence-corrected chi connectivity index (χ1v) is 15.0. The summed E-state index contributed by atoms with van der Waals surface area (Å²) in [6, 6.07) is 9.44. The van der Waals surface area contributed by atoms with Crippen molar-refractivity contribution in [3.8, 4) is 11.8 Å². The number of aryl methyl sites for hydroxylation is 1. The molecule has 0 radical (unpaired) electrons. The quantitative estimate of drug-likeness (QED) is 0.524. The van der Waals surface area contributed by atoms with Gasteiger partial charge in [-0.15, -0.1) is 0 Å². The molecule has 7 atom stereocenters. The summed E-state index contributed by atoms with van der Waals surface area (Å²) in [7, 11) is 2.18. The second kappa shape index (κ2) is 11.4. The maximum Gasteiger partial charge on any atom is 0.246 e. The van der Waals surface area contributed by atoms with Crippen LogP contribution in [-0.4, -0.2) is 96.7 Å². The number of benzene rings is 1. The molecule has 1 aromatic rings. The highest BCUT2D eigenvalue weighted by Crippen LogP contribution is 2.47. The molecule has 5 aliphatic rings. The molecule has 4 heterocycles. The van der Waals surface area contributed by atoms with Crippen LogP contribution in [0.25, 0.3) is 0 Å². The number of nitrogens with zero attached hydrogens (tertiary/aromatic N) is 4. The summed E-state index contributed by atoms with van der Waals surface area (Å²) in [5, 5.41) is 17.2. The minimum absolute atomic E-state index is 0.0919. The highest BCUT2D eigenvalue weighted by Gasteiger charge is 2.52. The van der Waals surface area contributed by atoms with E-state index in [2.05, 4.69) is 65.3 Å². The number of piperazine rings is 1. The molecule has 1 amide bonds. The lowest BCUT2D eigenvalue weighted by Gasteiger charge is -2.54. The van der Waals surface area contributed by atoms with E-state index >= 15 is 0 Å². The molecule has 2 N–H and O–H groups in total. The van der Waals surface area contributed by atoms with Crippen LogP contribution >= 0.6 is 0 Å². The van der Waals surface area contributed by atoms with E-state index in [1.54, 1.807) is 0 Å². The zero-order valence-electron chi connectivity index (χ0n) is 24.0. The third-order valence-corrected chi connectivity index (χ3v) is 10.0. The fourth-order valence-electron chi connectivity index (χ4n) is 7.83. The molecule has 9 heteroatoms. The number of carbonyl (C=O) groups excluding carboxylic acids is 1. The Morgan fingerprint density at radius 3 is 2.92 bits per heavy atom. The molecule has 1 saturated carbocycles. The number of hydrogen-bond donors (Lipinski definition) is 2. The minimum atomic E-state index is -0.260. The summed E-state index contributed by atoms with van der Waals surface area (Å²) >= 11 is 0. The Kier molecular flexibility index (Phi) is 7.90. The Hall–Kier alpha value is -2.48. The van der Waals surface area contributed by atoms with Gasteiger partial charge in [0.1, 0.15) is 11.4 Å². The number of rotatable bonds is 6.